The lowest BCUT2D eigenvalue weighted by Crippen LogP contribution is -2.50. The summed E-state index contributed by atoms with van der Waals surface area (Å²) in [6.45, 7) is 5.03. The van der Waals surface area contributed by atoms with E-state index in [9.17, 15) is 9.59 Å². The van der Waals surface area contributed by atoms with Gasteiger partial charge in [-0.1, -0.05) is 45.4 Å². The number of aliphatic carboxylic acids is 1. The second kappa shape index (κ2) is 10.6. The number of amides is 2. The zero-order valence-electron chi connectivity index (χ0n) is 15.7. The summed E-state index contributed by atoms with van der Waals surface area (Å²) in [5.74, 6) is 0.154. The molecule has 2 aliphatic rings. The van der Waals surface area contributed by atoms with E-state index in [1.54, 1.807) is 0 Å². The van der Waals surface area contributed by atoms with E-state index in [0.29, 0.717) is 13.1 Å². The number of nitrogens with one attached hydrogen (secondary N) is 1. The average Bonchev–Trinajstić information content (AvgIpc) is 3.12. The molecule has 0 atom stereocenters. The number of urea groups is 1. The molecule has 1 heterocycles. The van der Waals surface area contributed by atoms with Crippen molar-refractivity contribution < 1.29 is 14.7 Å². The van der Waals surface area contributed by atoms with Crippen molar-refractivity contribution in [2.24, 2.45) is 5.92 Å². The Kier molecular flexibility index (Phi) is 8.52. The summed E-state index contributed by atoms with van der Waals surface area (Å²) in [7, 11) is 0. The Morgan fingerprint density at radius 1 is 1.12 bits per heavy atom. The van der Waals surface area contributed by atoms with Gasteiger partial charge in [-0.15, -0.1) is 0 Å². The molecule has 144 valence electrons. The molecule has 0 spiro atoms. The quantitative estimate of drug-likeness (QED) is 0.625. The number of rotatable bonds is 9. The third kappa shape index (κ3) is 6.84. The van der Waals surface area contributed by atoms with Crippen LogP contribution in [0.15, 0.2) is 0 Å². The van der Waals surface area contributed by atoms with Crippen molar-refractivity contribution >= 4 is 12.0 Å². The number of carboxylic acids is 1. The number of likely N-dealkylation sites (N-methyl/N-ethyl adjacent to an activating group) is 1. The van der Waals surface area contributed by atoms with Gasteiger partial charge < -0.3 is 15.3 Å². The largest absolute Gasteiger partial charge is 0.480 e. The summed E-state index contributed by atoms with van der Waals surface area (Å²) in [5, 5.41) is 12.0. The van der Waals surface area contributed by atoms with Crippen molar-refractivity contribution in [1.29, 1.82) is 0 Å². The molecular weight excluding hydrogens is 318 g/mol. The van der Waals surface area contributed by atoms with Crippen molar-refractivity contribution in [3.05, 3.63) is 0 Å². The molecule has 0 aromatic rings. The van der Waals surface area contributed by atoms with Gasteiger partial charge in [0.1, 0.15) is 0 Å². The molecule has 2 rings (SSSR count). The molecule has 0 bridgehead atoms. The molecule has 0 aromatic heterocycles. The Morgan fingerprint density at radius 3 is 2.40 bits per heavy atom. The molecule has 25 heavy (non-hydrogen) atoms. The highest BCUT2D eigenvalue weighted by Gasteiger charge is 2.27. The first-order chi connectivity index (χ1) is 12.1. The van der Waals surface area contributed by atoms with Gasteiger partial charge in [0.05, 0.1) is 6.54 Å². The van der Waals surface area contributed by atoms with E-state index in [4.69, 9.17) is 5.11 Å². The van der Waals surface area contributed by atoms with Crippen LogP contribution in [-0.2, 0) is 4.79 Å². The van der Waals surface area contributed by atoms with Gasteiger partial charge in [-0.05, 0) is 31.7 Å². The molecule has 6 nitrogen and oxygen atoms in total. The van der Waals surface area contributed by atoms with Crippen molar-refractivity contribution in [2.75, 3.05) is 32.7 Å². The molecule has 2 N–H and O–H groups in total. The SMILES string of the molecule is CCN(CC(=O)O)C1CCN(C(=O)NCCCCC2CCCC2)CC1. The van der Waals surface area contributed by atoms with Crippen LogP contribution in [0.25, 0.3) is 0 Å². The van der Waals surface area contributed by atoms with E-state index in [2.05, 4.69) is 5.32 Å². The summed E-state index contributed by atoms with van der Waals surface area (Å²) in [6.07, 6.45) is 10.9. The second-order valence-electron chi connectivity index (χ2n) is 7.55. The number of unbranched alkanes of at least 4 members (excludes halogenated alkanes) is 1. The van der Waals surface area contributed by atoms with Crippen molar-refractivity contribution in [1.82, 2.24) is 15.1 Å². The lowest BCUT2D eigenvalue weighted by atomic mass is 10.0. The lowest BCUT2D eigenvalue weighted by molar-refractivity contribution is -0.139. The summed E-state index contributed by atoms with van der Waals surface area (Å²) in [4.78, 5) is 27.0. The molecule has 1 saturated heterocycles. The zero-order valence-corrected chi connectivity index (χ0v) is 15.7. The molecule has 6 heteroatoms. The minimum atomic E-state index is -0.778. The summed E-state index contributed by atoms with van der Waals surface area (Å²) >= 11 is 0. The first kappa shape index (κ1) is 20.0. The monoisotopic (exact) mass is 353 g/mol. The fourth-order valence-electron chi connectivity index (χ4n) is 4.27. The van der Waals surface area contributed by atoms with Crippen molar-refractivity contribution in [2.45, 2.75) is 70.8 Å². The Bertz CT molecular complexity index is 416. The van der Waals surface area contributed by atoms with E-state index in [1.165, 1.54) is 38.5 Å². The van der Waals surface area contributed by atoms with Crippen LogP contribution in [0.4, 0.5) is 4.79 Å². The van der Waals surface area contributed by atoms with E-state index < -0.39 is 5.97 Å². The zero-order chi connectivity index (χ0) is 18.1. The lowest BCUT2D eigenvalue weighted by Gasteiger charge is -2.37. The number of likely N-dealkylation sites (tertiary alicyclic amines) is 1. The number of carbonyl (C=O) groups excluding carboxylic acids is 1. The Morgan fingerprint density at radius 2 is 1.80 bits per heavy atom. The highest BCUT2D eigenvalue weighted by molar-refractivity contribution is 5.74. The van der Waals surface area contributed by atoms with E-state index in [1.807, 2.05) is 16.7 Å². The number of carbonyl (C=O) groups is 2. The van der Waals surface area contributed by atoms with Crippen LogP contribution >= 0.6 is 0 Å². The molecule has 0 radical (unpaired) electrons. The van der Waals surface area contributed by atoms with Gasteiger partial charge in [0, 0.05) is 25.7 Å². The highest BCUT2D eigenvalue weighted by Crippen LogP contribution is 2.28. The maximum Gasteiger partial charge on any atom is 0.317 e. The van der Waals surface area contributed by atoms with E-state index >= 15 is 0 Å². The van der Waals surface area contributed by atoms with E-state index in [-0.39, 0.29) is 18.6 Å². The number of piperidine rings is 1. The Hall–Kier alpha value is -1.30. The Balaban J connectivity index is 1.57. The minimum Gasteiger partial charge on any atom is -0.480 e. The molecule has 2 amide bonds. The highest BCUT2D eigenvalue weighted by atomic mass is 16.4. The molecule has 1 aliphatic heterocycles. The standard InChI is InChI=1S/C19H35N3O3/c1-2-21(15-18(23)24)17-10-13-22(14-11-17)19(25)20-12-6-5-9-16-7-3-4-8-16/h16-17H,2-15H2,1H3,(H,20,25)(H,23,24). The van der Waals surface area contributed by atoms with Crippen LogP contribution in [-0.4, -0.2) is 65.7 Å². The predicted molar refractivity (Wildman–Crippen MR) is 98.7 cm³/mol. The summed E-state index contributed by atoms with van der Waals surface area (Å²) in [5.41, 5.74) is 0. The maximum absolute atomic E-state index is 12.2. The summed E-state index contributed by atoms with van der Waals surface area (Å²) in [6, 6.07) is 0.317. The van der Waals surface area contributed by atoms with Gasteiger partial charge in [-0.25, -0.2) is 4.79 Å². The van der Waals surface area contributed by atoms with Crippen LogP contribution in [0.3, 0.4) is 0 Å². The van der Waals surface area contributed by atoms with Gasteiger partial charge in [0.15, 0.2) is 0 Å². The third-order valence-corrected chi connectivity index (χ3v) is 5.80. The summed E-state index contributed by atoms with van der Waals surface area (Å²) < 4.78 is 0. The Labute approximate surface area is 151 Å². The maximum atomic E-state index is 12.2. The fraction of sp³-hybridized carbons (Fsp3) is 0.895. The molecule has 0 aromatic carbocycles. The average molecular weight is 354 g/mol. The van der Waals surface area contributed by atoms with Gasteiger partial charge in [0.25, 0.3) is 0 Å². The van der Waals surface area contributed by atoms with Crippen LogP contribution in [0.5, 0.6) is 0 Å². The second-order valence-corrected chi connectivity index (χ2v) is 7.55. The molecule has 1 saturated carbocycles. The first-order valence-electron chi connectivity index (χ1n) is 10.1. The van der Waals surface area contributed by atoms with Crippen LogP contribution in [0.1, 0.15) is 64.7 Å². The third-order valence-electron chi connectivity index (χ3n) is 5.80. The normalized spacial score (nSPS) is 19.5. The van der Waals surface area contributed by atoms with Gasteiger partial charge in [-0.3, -0.25) is 9.69 Å². The van der Waals surface area contributed by atoms with Crippen molar-refractivity contribution in [3.8, 4) is 0 Å². The van der Waals surface area contributed by atoms with Gasteiger partial charge in [0.2, 0.25) is 0 Å². The predicted octanol–water partition coefficient (Wildman–Crippen LogP) is 2.93. The first-order valence-corrected chi connectivity index (χ1v) is 10.1. The number of nitrogens with zero attached hydrogens (tertiary/aromatic N) is 2. The van der Waals surface area contributed by atoms with Crippen molar-refractivity contribution in [3.63, 3.8) is 0 Å². The fourth-order valence-corrected chi connectivity index (χ4v) is 4.27. The van der Waals surface area contributed by atoms with Gasteiger partial charge in [-0.2, -0.15) is 0 Å². The topological polar surface area (TPSA) is 72.9 Å². The minimum absolute atomic E-state index is 0.0422. The molecule has 0 unspecified atom stereocenters. The molecular formula is C19H35N3O3. The number of hydrogen-bond donors (Lipinski definition) is 2. The van der Waals surface area contributed by atoms with Crippen LogP contribution < -0.4 is 5.32 Å². The number of carboxylic acid groups (broad SMARTS) is 1. The molecule has 2 fully saturated rings. The van der Waals surface area contributed by atoms with Crippen LogP contribution in [0.2, 0.25) is 0 Å². The van der Waals surface area contributed by atoms with Gasteiger partial charge >= 0.3 is 12.0 Å². The smallest absolute Gasteiger partial charge is 0.317 e. The van der Waals surface area contributed by atoms with Crippen LogP contribution in [0, 0.1) is 5.92 Å². The number of hydrogen-bond acceptors (Lipinski definition) is 3. The van der Waals surface area contributed by atoms with E-state index in [0.717, 1.165) is 38.3 Å². The molecule has 1 aliphatic carbocycles.